The monoisotopic (exact) mass is 351 g/mol. The van der Waals surface area contributed by atoms with E-state index in [1.165, 1.54) is 16.5 Å². The minimum absolute atomic E-state index is 0.692. The quantitative estimate of drug-likeness (QED) is 0.548. The highest BCUT2D eigenvalue weighted by atomic mass is 32.2. The Kier molecular flexibility index (Phi) is 6.97. The van der Waals surface area contributed by atoms with Crippen molar-refractivity contribution >= 4 is 28.5 Å². The van der Waals surface area contributed by atoms with Crippen molar-refractivity contribution in [2.45, 2.75) is 33.7 Å². The molecule has 2 aromatic carbocycles. The Hall–Kier alpha value is -2.38. The molecule has 0 radical (unpaired) electrons. The van der Waals surface area contributed by atoms with Gasteiger partial charge in [0.25, 0.3) is 0 Å². The van der Waals surface area contributed by atoms with Crippen LogP contribution in [0.1, 0.15) is 32.8 Å². The molecule has 0 atom stereocenters. The Morgan fingerprint density at radius 2 is 1.84 bits per heavy atom. The van der Waals surface area contributed by atoms with E-state index >= 15 is 0 Å². The van der Waals surface area contributed by atoms with Gasteiger partial charge in [0.15, 0.2) is 0 Å². The first-order chi connectivity index (χ1) is 12.3. The minimum atomic E-state index is 0.692. The van der Waals surface area contributed by atoms with Gasteiger partial charge in [0.05, 0.1) is 17.1 Å². The van der Waals surface area contributed by atoms with E-state index in [0.717, 1.165) is 24.2 Å². The van der Waals surface area contributed by atoms with Gasteiger partial charge in [-0.15, -0.1) is 0 Å². The van der Waals surface area contributed by atoms with Crippen LogP contribution in [0, 0.1) is 11.3 Å². The first-order valence-corrected chi connectivity index (χ1v) is 9.91. The zero-order valence-electron chi connectivity index (χ0n) is 15.3. The Bertz CT molecular complexity index is 857. The van der Waals surface area contributed by atoms with E-state index in [4.69, 9.17) is 5.26 Å². The first kappa shape index (κ1) is 19.0. The standard InChI is InChI=1S/C19H19N3S.C2H6/c1-3-10-22-13-18(15-6-4-14(12-20)5-7-15)17-9-8-16(21-23-2)11-19(17)22;1-2/h4-9,11,13,21H,3,10H2,1-2H3;1-2H3. The molecule has 0 unspecified atom stereocenters. The number of anilines is 1. The molecule has 3 rings (SSSR count). The third kappa shape index (κ3) is 4.18. The third-order valence-corrected chi connectivity index (χ3v) is 4.33. The molecular weight excluding hydrogens is 326 g/mol. The Labute approximate surface area is 154 Å². The molecule has 0 amide bonds. The van der Waals surface area contributed by atoms with Crippen LogP contribution < -0.4 is 4.72 Å². The topological polar surface area (TPSA) is 40.8 Å². The fourth-order valence-corrected chi connectivity index (χ4v) is 3.22. The highest BCUT2D eigenvalue weighted by molar-refractivity contribution is 7.99. The molecule has 0 saturated heterocycles. The van der Waals surface area contributed by atoms with Gasteiger partial charge in [0, 0.05) is 35.6 Å². The van der Waals surface area contributed by atoms with Crippen molar-refractivity contribution < 1.29 is 0 Å². The lowest BCUT2D eigenvalue weighted by Gasteiger charge is -2.06. The van der Waals surface area contributed by atoms with E-state index in [1.54, 1.807) is 11.9 Å². The summed E-state index contributed by atoms with van der Waals surface area (Å²) in [4.78, 5) is 0. The van der Waals surface area contributed by atoms with E-state index in [-0.39, 0.29) is 0 Å². The van der Waals surface area contributed by atoms with E-state index in [2.05, 4.69) is 46.7 Å². The summed E-state index contributed by atoms with van der Waals surface area (Å²) < 4.78 is 5.61. The lowest BCUT2D eigenvalue weighted by Crippen LogP contribution is -1.94. The average Bonchev–Trinajstić information content (AvgIpc) is 3.02. The molecule has 1 heterocycles. The lowest BCUT2D eigenvalue weighted by atomic mass is 10.0. The number of benzene rings is 2. The first-order valence-electron chi connectivity index (χ1n) is 8.69. The van der Waals surface area contributed by atoms with Crippen molar-refractivity contribution in [2.24, 2.45) is 0 Å². The smallest absolute Gasteiger partial charge is 0.0991 e. The van der Waals surface area contributed by atoms with Gasteiger partial charge in [-0.3, -0.25) is 0 Å². The molecule has 0 saturated carbocycles. The Morgan fingerprint density at radius 1 is 1.12 bits per heavy atom. The van der Waals surface area contributed by atoms with Gasteiger partial charge in [0.2, 0.25) is 0 Å². The van der Waals surface area contributed by atoms with Crippen LogP contribution in [0.2, 0.25) is 0 Å². The highest BCUT2D eigenvalue weighted by Crippen LogP contribution is 2.33. The summed E-state index contributed by atoms with van der Waals surface area (Å²) >= 11 is 1.60. The number of aryl methyl sites for hydroxylation is 1. The largest absolute Gasteiger partial charge is 0.347 e. The number of nitrogens with zero attached hydrogens (tertiary/aromatic N) is 2. The zero-order valence-corrected chi connectivity index (χ0v) is 16.2. The second kappa shape index (κ2) is 9.19. The fraction of sp³-hybridized carbons (Fsp3) is 0.286. The van der Waals surface area contributed by atoms with Gasteiger partial charge in [-0.1, -0.05) is 50.9 Å². The zero-order chi connectivity index (χ0) is 18.2. The molecule has 0 aliphatic rings. The van der Waals surface area contributed by atoms with Gasteiger partial charge in [-0.2, -0.15) is 5.26 Å². The van der Waals surface area contributed by atoms with Gasteiger partial charge in [-0.05, 0) is 36.2 Å². The van der Waals surface area contributed by atoms with Crippen LogP contribution in [-0.4, -0.2) is 10.8 Å². The van der Waals surface area contributed by atoms with E-state index in [0.29, 0.717) is 5.56 Å². The van der Waals surface area contributed by atoms with Gasteiger partial charge in [0.1, 0.15) is 0 Å². The molecule has 25 heavy (non-hydrogen) atoms. The van der Waals surface area contributed by atoms with Gasteiger partial charge < -0.3 is 9.29 Å². The van der Waals surface area contributed by atoms with Crippen molar-refractivity contribution in [2.75, 3.05) is 11.0 Å². The molecule has 130 valence electrons. The normalized spacial score (nSPS) is 10.0. The van der Waals surface area contributed by atoms with Crippen LogP contribution in [0.4, 0.5) is 5.69 Å². The molecule has 1 N–H and O–H groups in total. The molecule has 0 aliphatic heterocycles. The van der Waals surface area contributed by atoms with E-state index in [1.807, 2.05) is 44.4 Å². The van der Waals surface area contributed by atoms with Crippen LogP contribution in [0.3, 0.4) is 0 Å². The van der Waals surface area contributed by atoms with Crippen LogP contribution >= 0.6 is 11.9 Å². The maximum atomic E-state index is 8.96. The maximum absolute atomic E-state index is 8.96. The number of aromatic nitrogens is 1. The van der Waals surface area contributed by atoms with Gasteiger partial charge in [-0.25, -0.2) is 0 Å². The average molecular weight is 352 g/mol. The van der Waals surface area contributed by atoms with Crippen molar-refractivity contribution in [3.8, 4) is 17.2 Å². The van der Waals surface area contributed by atoms with E-state index < -0.39 is 0 Å². The Balaban J connectivity index is 0.00000109. The number of hydrogen-bond acceptors (Lipinski definition) is 3. The molecule has 0 spiro atoms. The molecule has 0 aliphatic carbocycles. The summed E-state index contributed by atoms with van der Waals surface area (Å²) in [5.41, 5.74) is 5.41. The highest BCUT2D eigenvalue weighted by Gasteiger charge is 2.11. The number of nitriles is 1. The molecule has 0 fully saturated rings. The predicted molar refractivity (Wildman–Crippen MR) is 111 cm³/mol. The lowest BCUT2D eigenvalue weighted by molar-refractivity contribution is 0.704. The van der Waals surface area contributed by atoms with Gasteiger partial charge >= 0.3 is 0 Å². The second-order valence-electron chi connectivity index (χ2n) is 5.46. The second-order valence-corrected chi connectivity index (χ2v) is 6.08. The summed E-state index contributed by atoms with van der Waals surface area (Å²) in [6.07, 6.45) is 5.34. The fourth-order valence-electron chi connectivity index (χ4n) is 2.85. The van der Waals surface area contributed by atoms with Crippen molar-refractivity contribution in [1.29, 1.82) is 5.26 Å². The molecular formula is C21H25N3S. The van der Waals surface area contributed by atoms with Crippen LogP contribution in [0.25, 0.3) is 22.0 Å². The molecule has 3 aromatic rings. The number of nitrogens with one attached hydrogen (secondary N) is 1. The van der Waals surface area contributed by atoms with Crippen molar-refractivity contribution in [1.82, 2.24) is 4.57 Å². The van der Waals surface area contributed by atoms with Crippen molar-refractivity contribution in [3.63, 3.8) is 0 Å². The van der Waals surface area contributed by atoms with Crippen LogP contribution in [0.5, 0.6) is 0 Å². The predicted octanol–water partition coefficient (Wildman–Crippen LogP) is 6.31. The minimum Gasteiger partial charge on any atom is -0.347 e. The summed E-state index contributed by atoms with van der Waals surface area (Å²) in [5.74, 6) is 0. The molecule has 3 nitrogen and oxygen atoms in total. The summed E-state index contributed by atoms with van der Waals surface area (Å²) in [6.45, 7) is 7.19. The number of hydrogen-bond donors (Lipinski definition) is 1. The summed E-state index contributed by atoms with van der Waals surface area (Å²) in [6, 6.07) is 16.5. The SMILES string of the molecule is CC.CCCn1cc(-c2ccc(C#N)cc2)c2ccc(NSC)cc21. The molecule has 4 heteroatoms. The van der Waals surface area contributed by atoms with Crippen LogP contribution in [-0.2, 0) is 6.54 Å². The maximum Gasteiger partial charge on any atom is 0.0991 e. The summed E-state index contributed by atoms with van der Waals surface area (Å²) in [5, 5.41) is 10.2. The number of rotatable bonds is 5. The Morgan fingerprint density at radius 3 is 2.44 bits per heavy atom. The molecule has 1 aromatic heterocycles. The summed E-state index contributed by atoms with van der Waals surface area (Å²) in [7, 11) is 0. The van der Waals surface area contributed by atoms with E-state index in [9.17, 15) is 0 Å². The molecule has 0 bridgehead atoms. The third-order valence-electron chi connectivity index (χ3n) is 3.89. The van der Waals surface area contributed by atoms with Crippen molar-refractivity contribution in [3.05, 3.63) is 54.2 Å². The van der Waals surface area contributed by atoms with Crippen LogP contribution in [0.15, 0.2) is 48.7 Å². The number of fused-ring (bicyclic) bond motifs is 1.